The van der Waals surface area contributed by atoms with Crippen molar-refractivity contribution in [1.29, 1.82) is 0 Å². The highest BCUT2D eigenvalue weighted by Gasteiger charge is 2.26. The molecule has 1 fully saturated rings. The third-order valence-corrected chi connectivity index (χ3v) is 3.29. The largest absolute Gasteiger partial charge is 0.326 e. The summed E-state index contributed by atoms with van der Waals surface area (Å²) in [5.74, 6) is 0.454. The summed E-state index contributed by atoms with van der Waals surface area (Å²) in [6, 6.07) is 8.55. The van der Waals surface area contributed by atoms with E-state index in [0.29, 0.717) is 5.92 Å². The van der Waals surface area contributed by atoms with Gasteiger partial charge in [-0.25, -0.2) is 0 Å². The summed E-state index contributed by atoms with van der Waals surface area (Å²) in [7, 11) is 0. The summed E-state index contributed by atoms with van der Waals surface area (Å²) in [6.45, 7) is 1.91. The van der Waals surface area contributed by atoms with Crippen molar-refractivity contribution in [1.82, 2.24) is 5.32 Å². The SMILES string of the molecule is NC1CNCC1c1ccccc1Br. The van der Waals surface area contributed by atoms with E-state index in [9.17, 15) is 0 Å². The molecule has 13 heavy (non-hydrogen) atoms. The van der Waals surface area contributed by atoms with Crippen molar-refractivity contribution in [3.05, 3.63) is 34.3 Å². The van der Waals surface area contributed by atoms with Crippen LogP contribution in [0, 0.1) is 0 Å². The van der Waals surface area contributed by atoms with E-state index in [4.69, 9.17) is 5.73 Å². The van der Waals surface area contributed by atoms with E-state index in [1.54, 1.807) is 0 Å². The Labute approximate surface area is 86.6 Å². The topological polar surface area (TPSA) is 38.0 Å². The van der Waals surface area contributed by atoms with E-state index in [1.807, 2.05) is 6.07 Å². The number of nitrogens with two attached hydrogens (primary N) is 1. The maximum atomic E-state index is 6.00. The van der Waals surface area contributed by atoms with Gasteiger partial charge in [0.2, 0.25) is 0 Å². The van der Waals surface area contributed by atoms with Gasteiger partial charge in [0, 0.05) is 29.5 Å². The van der Waals surface area contributed by atoms with Crippen molar-refractivity contribution in [3.63, 3.8) is 0 Å². The average Bonchev–Trinajstić information content (AvgIpc) is 2.52. The van der Waals surface area contributed by atoms with Gasteiger partial charge in [-0.15, -0.1) is 0 Å². The Balaban J connectivity index is 2.29. The molecule has 70 valence electrons. The predicted octanol–water partition coefficient (Wildman–Crippen LogP) is 1.46. The third kappa shape index (κ3) is 1.77. The third-order valence-electron chi connectivity index (χ3n) is 2.57. The fourth-order valence-electron chi connectivity index (χ4n) is 1.82. The van der Waals surface area contributed by atoms with Gasteiger partial charge in [0.1, 0.15) is 0 Å². The summed E-state index contributed by atoms with van der Waals surface area (Å²) in [6.07, 6.45) is 0. The van der Waals surface area contributed by atoms with Crippen LogP contribution >= 0.6 is 15.9 Å². The van der Waals surface area contributed by atoms with Crippen molar-refractivity contribution in [2.45, 2.75) is 12.0 Å². The Morgan fingerprint density at radius 3 is 2.69 bits per heavy atom. The molecule has 2 nitrogen and oxygen atoms in total. The van der Waals surface area contributed by atoms with Crippen molar-refractivity contribution >= 4 is 15.9 Å². The lowest BCUT2D eigenvalue weighted by Crippen LogP contribution is -2.27. The molecule has 3 heteroatoms. The molecule has 2 unspecified atom stereocenters. The first-order valence-electron chi connectivity index (χ1n) is 4.50. The maximum absolute atomic E-state index is 6.00. The Hall–Kier alpha value is -0.380. The van der Waals surface area contributed by atoms with E-state index < -0.39 is 0 Å². The van der Waals surface area contributed by atoms with Gasteiger partial charge >= 0.3 is 0 Å². The zero-order valence-corrected chi connectivity index (χ0v) is 8.92. The molecular weight excluding hydrogens is 228 g/mol. The summed E-state index contributed by atoms with van der Waals surface area (Å²) in [4.78, 5) is 0. The highest BCUT2D eigenvalue weighted by atomic mass is 79.9. The van der Waals surface area contributed by atoms with Crippen molar-refractivity contribution in [3.8, 4) is 0 Å². The van der Waals surface area contributed by atoms with E-state index in [0.717, 1.165) is 13.1 Å². The van der Waals surface area contributed by atoms with Crippen LogP contribution in [0.15, 0.2) is 28.7 Å². The molecule has 2 atom stereocenters. The molecule has 1 saturated heterocycles. The number of halogens is 1. The molecule has 0 radical (unpaired) electrons. The number of rotatable bonds is 1. The summed E-state index contributed by atoms with van der Waals surface area (Å²) in [5, 5.41) is 3.30. The Morgan fingerprint density at radius 1 is 1.31 bits per heavy atom. The Kier molecular flexibility index (Phi) is 2.67. The Bertz CT molecular complexity index is 301. The van der Waals surface area contributed by atoms with Gasteiger partial charge in [0.05, 0.1) is 0 Å². The highest BCUT2D eigenvalue weighted by Crippen LogP contribution is 2.28. The molecule has 0 amide bonds. The first kappa shape index (κ1) is 9.19. The number of benzene rings is 1. The predicted molar refractivity (Wildman–Crippen MR) is 57.7 cm³/mol. The van der Waals surface area contributed by atoms with Crippen LogP contribution in [0.25, 0.3) is 0 Å². The van der Waals surface area contributed by atoms with Crippen LogP contribution in [0.2, 0.25) is 0 Å². The number of hydrogen-bond donors (Lipinski definition) is 2. The quantitative estimate of drug-likeness (QED) is 0.781. The fourth-order valence-corrected chi connectivity index (χ4v) is 2.39. The molecular formula is C10H13BrN2. The van der Waals surface area contributed by atoms with Crippen LogP contribution < -0.4 is 11.1 Å². The van der Waals surface area contributed by atoms with Crippen molar-refractivity contribution < 1.29 is 0 Å². The van der Waals surface area contributed by atoms with Gasteiger partial charge in [0.25, 0.3) is 0 Å². The van der Waals surface area contributed by atoms with E-state index in [-0.39, 0.29) is 6.04 Å². The van der Waals surface area contributed by atoms with Crippen LogP contribution in [-0.4, -0.2) is 19.1 Å². The van der Waals surface area contributed by atoms with Crippen LogP contribution in [0.1, 0.15) is 11.5 Å². The molecule has 0 saturated carbocycles. The molecule has 1 heterocycles. The molecule has 3 N–H and O–H groups in total. The minimum Gasteiger partial charge on any atom is -0.326 e. The maximum Gasteiger partial charge on any atom is 0.0247 e. The Morgan fingerprint density at radius 2 is 2.08 bits per heavy atom. The molecule has 0 spiro atoms. The second-order valence-electron chi connectivity index (χ2n) is 3.45. The lowest BCUT2D eigenvalue weighted by molar-refractivity contribution is 0.651. The zero-order valence-electron chi connectivity index (χ0n) is 7.33. The second-order valence-corrected chi connectivity index (χ2v) is 4.30. The first-order chi connectivity index (χ1) is 6.29. The van der Waals surface area contributed by atoms with Gasteiger partial charge in [-0.05, 0) is 11.6 Å². The summed E-state index contributed by atoms with van der Waals surface area (Å²) >= 11 is 3.55. The van der Waals surface area contributed by atoms with Crippen LogP contribution in [-0.2, 0) is 0 Å². The van der Waals surface area contributed by atoms with Crippen molar-refractivity contribution in [2.75, 3.05) is 13.1 Å². The molecule has 0 aromatic heterocycles. The fraction of sp³-hybridized carbons (Fsp3) is 0.400. The molecule has 2 rings (SSSR count). The standard InChI is InChI=1S/C10H13BrN2/c11-9-4-2-1-3-7(9)8-5-13-6-10(8)12/h1-4,8,10,13H,5-6,12H2. The molecule has 0 bridgehead atoms. The monoisotopic (exact) mass is 240 g/mol. The normalized spacial score (nSPS) is 27.8. The zero-order chi connectivity index (χ0) is 9.26. The summed E-state index contributed by atoms with van der Waals surface area (Å²) in [5.41, 5.74) is 7.32. The van der Waals surface area contributed by atoms with Gasteiger partial charge in [-0.3, -0.25) is 0 Å². The highest BCUT2D eigenvalue weighted by molar-refractivity contribution is 9.10. The van der Waals surface area contributed by atoms with Crippen molar-refractivity contribution in [2.24, 2.45) is 5.73 Å². The minimum atomic E-state index is 0.249. The van der Waals surface area contributed by atoms with Gasteiger partial charge < -0.3 is 11.1 Å². The first-order valence-corrected chi connectivity index (χ1v) is 5.29. The molecule has 1 aliphatic heterocycles. The van der Waals surface area contributed by atoms with E-state index >= 15 is 0 Å². The molecule has 1 aromatic carbocycles. The van der Waals surface area contributed by atoms with Crippen LogP contribution in [0.3, 0.4) is 0 Å². The number of hydrogen-bond acceptors (Lipinski definition) is 2. The van der Waals surface area contributed by atoms with Gasteiger partial charge in [-0.2, -0.15) is 0 Å². The summed E-state index contributed by atoms with van der Waals surface area (Å²) < 4.78 is 1.17. The average molecular weight is 241 g/mol. The van der Waals surface area contributed by atoms with Gasteiger partial charge in [0.15, 0.2) is 0 Å². The smallest absolute Gasteiger partial charge is 0.0247 e. The van der Waals surface area contributed by atoms with Crippen LogP contribution in [0.4, 0.5) is 0 Å². The lowest BCUT2D eigenvalue weighted by Gasteiger charge is -2.15. The number of nitrogens with one attached hydrogen (secondary N) is 1. The van der Waals surface area contributed by atoms with E-state index in [1.165, 1.54) is 10.0 Å². The second kappa shape index (κ2) is 3.78. The molecule has 1 aliphatic rings. The molecule has 1 aromatic rings. The van der Waals surface area contributed by atoms with Gasteiger partial charge in [-0.1, -0.05) is 34.1 Å². The van der Waals surface area contributed by atoms with E-state index in [2.05, 4.69) is 39.4 Å². The minimum absolute atomic E-state index is 0.249. The van der Waals surface area contributed by atoms with Crippen LogP contribution in [0.5, 0.6) is 0 Å². The molecule has 0 aliphatic carbocycles. The lowest BCUT2D eigenvalue weighted by atomic mass is 9.95.